The first-order valence-corrected chi connectivity index (χ1v) is 10.7. The summed E-state index contributed by atoms with van der Waals surface area (Å²) in [5.74, 6) is 1.38. The molecule has 0 bridgehead atoms. The van der Waals surface area contributed by atoms with Gasteiger partial charge in [0, 0.05) is 25.7 Å². The number of aryl methyl sites for hydroxylation is 3. The highest BCUT2D eigenvalue weighted by Crippen LogP contribution is 2.35. The van der Waals surface area contributed by atoms with Gasteiger partial charge in [-0.1, -0.05) is 12.1 Å². The zero-order chi connectivity index (χ0) is 23.3. The van der Waals surface area contributed by atoms with Gasteiger partial charge in [0.05, 0.1) is 47.8 Å². The van der Waals surface area contributed by atoms with Crippen LogP contribution < -0.4 is 15.2 Å². The summed E-state index contributed by atoms with van der Waals surface area (Å²) in [6.07, 6.45) is 3.62. The molecule has 0 amide bonds. The molecule has 0 saturated heterocycles. The molecule has 33 heavy (non-hydrogen) atoms. The van der Waals surface area contributed by atoms with Crippen LogP contribution in [0.25, 0.3) is 38.8 Å². The van der Waals surface area contributed by atoms with E-state index in [4.69, 9.17) is 9.47 Å². The Kier molecular flexibility index (Phi) is 4.92. The molecular formula is C25H25N5O3. The summed E-state index contributed by atoms with van der Waals surface area (Å²) in [5.41, 5.74) is 5.76. The van der Waals surface area contributed by atoms with Gasteiger partial charge in [0.15, 0.2) is 11.5 Å². The molecule has 8 nitrogen and oxygen atoms in total. The molecule has 0 atom stereocenters. The van der Waals surface area contributed by atoms with E-state index in [1.807, 2.05) is 57.4 Å². The number of imidazole rings is 1. The van der Waals surface area contributed by atoms with Gasteiger partial charge in [-0.3, -0.25) is 18.8 Å². The number of nitrogens with zero attached hydrogens (tertiary/aromatic N) is 5. The molecule has 5 rings (SSSR count). The Labute approximate surface area is 190 Å². The molecule has 3 aromatic heterocycles. The van der Waals surface area contributed by atoms with Crippen LogP contribution in [0.15, 0.2) is 53.6 Å². The predicted molar refractivity (Wildman–Crippen MR) is 128 cm³/mol. The van der Waals surface area contributed by atoms with Crippen LogP contribution in [0, 0.1) is 6.92 Å². The van der Waals surface area contributed by atoms with Crippen LogP contribution in [0.3, 0.4) is 0 Å². The van der Waals surface area contributed by atoms with Crippen molar-refractivity contribution in [2.45, 2.75) is 13.8 Å². The summed E-state index contributed by atoms with van der Waals surface area (Å²) < 4.78 is 16.3. The number of aromatic nitrogens is 5. The van der Waals surface area contributed by atoms with E-state index in [9.17, 15) is 4.79 Å². The number of benzene rings is 2. The largest absolute Gasteiger partial charge is 0.493 e. The van der Waals surface area contributed by atoms with Crippen molar-refractivity contribution in [1.29, 1.82) is 0 Å². The molecule has 0 N–H and O–H groups in total. The lowest BCUT2D eigenvalue weighted by Gasteiger charge is -2.12. The zero-order valence-electron chi connectivity index (χ0n) is 19.3. The Morgan fingerprint density at radius 3 is 2.48 bits per heavy atom. The topological polar surface area (TPSA) is 76.1 Å². The normalized spacial score (nSPS) is 11.4. The van der Waals surface area contributed by atoms with Crippen molar-refractivity contribution < 1.29 is 9.47 Å². The second kappa shape index (κ2) is 7.81. The minimum absolute atomic E-state index is 0.136. The molecule has 0 aliphatic heterocycles. The molecule has 168 valence electrons. The highest BCUT2D eigenvalue weighted by atomic mass is 16.5. The summed E-state index contributed by atoms with van der Waals surface area (Å²) in [4.78, 5) is 17.9. The molecule has 0 radical (unpaired) electrons. The highest BCUT2D eigenvalue weighted by Gasteiger charge is 2.19. The van der Waals surface area contributed by atoms with E-state index < -0.39 is 0 Å². The fraction of sp³-hybridized carbons (Fsp3) is 0.240. The van der Waals surface area contributed by atoms with Crippen molar-refractivity contribution in [2.75, 3.05) is 13.7 Å². The van der Waals surface area contributed by atoms with Gasteiger partial charge in [-0.25, -0.2) is 4.79 Å². The molecule has 0 spiro atoms. The van der Waals surface area contributed by atoms with Crippen LogP contribution in [-0.4, -0.2) is 37.6 Å². The number of hydrogen-bond acceptors (Lipinski definition) is 5. The minimum Gasteiger partial charge on any atom is -0.493 e. The first kappa shape index (κ1) is 20.8. The zero-order valence-corrected chi connectivity index (χ0v) is 19.3. The van der Waals surface area contributed by atoms with Gasteiger partial charge in [0.25, 0.3) is 0 Å². The van der Waals surface area contributed by atoms with Gasteiger partial charge in [0.1, 0.15) is 0 Å². The SMILES string of the molecule is CCOc1ccc(-c2ccc3ncc4c(c3c2)n(-c2cn(C)nc2C)c(=O)n4C)cc1OC. The van der Waals surface area contributed by atoms with Crippen molar-refractivity contribution in [3.05, 3.63) is 65.0 Å². The first-order valence-electron chi connectivity index (χ1n) is 10.7. The average Bonchev–Trinajstić information content (AvgIpc) is 3.28. The molecule has 0 saturated carbocycles. The third kappa shape index (κ3) is 3.26. The fourth-order valence-corrected chi connectivity index (χ4v) is 4.33. The maximum absolute atomic E-state index is 13.3. The lowest BCUT2D eigenvalue weighted by molar-refractivity contribution is 0.311. The van der Waals surface area contributed by atoms with E-state index in [0.29, 0.717) is 18.1 Å². The maximum Gasteiger partial charge on any atom is 0.333 e. The first-order chi connectivity index (χ1) is 15.9. The van der Waals surface area contributed by atoms with Crippen LogP contribution >= 0.6 is 0 Å². The fourth-order valence-electron chi connectivity index (χ4n) is 4.33. The predicted octanol–water partition coefficient (Wildman–Crippen LogP) is 3.99. The number of ether oxygens (including phenoxy) is 2. The Hall–Kier alpha value is -4.07. The van der Waals surface area contributed by atoms with Gasteiger partial charge in [0.2, 0.25) is 0 Å². The molecule has 5 aromatic rings. The van der Waals surface area contributed by atoms with Gasteiger partial charge in [-0.2, -0.15) is 5.10 Å². The van der Waals surface area contributed by atoms with Crippen LogP contribution in [0.2, 0.25) is 0 Å². The Morgan fingerprint density at radius 2 is 1.79 bits per heavy atom. The van der Waals surface area contributed by atoms with Crippen LogP contribution in [0.5, 0.6) is 11.5 Å². The molecule has 3 heterocycles. The number of pyridine rings is 1. The second-order valence-corrected chi connectivity index (χ2v) is 7.97. The summed E-state index contributed by atoms with van der Waals surface area (Å²) in [7, 11) is 5.25. The number of rotatable bonds is 5. The molecule has 0 fully saturated rings. The van der Waals surface area contributed by atoms with E-state index in [1.165, 1.54) is 0 Å². The molecule has 0 aliphatic rings. The Morgan fingerprint density at radius 1 is 1.03 bits per heavy atom. The molecule has 0 unspecified atom stereocenters. The summed E-state index contributed by atoms with van der Waals surface area (Å²) in [6, 6.07) is 12.0. The molecular weight excluding hydrogens is 418 g/mol. The van der Waals surface area contributed by atoms with Gasteiger partial charge < -0.3 is 9.47 Å². The monoisotopic (exact) mass is 443 g/mol. The van der Waals surface area contributed by atoms with Crippen LogP contribution in [-0.2, 0) is 14.1 Å². The minimum atomic E-state index is -0.136. The van der Waals surface area contributed by atoms with E-state index in [-0.39, 0.29) is 5.69 Å². The summed E-state index contributed by atoms with van der Waals surface area (Å²) >= 11 is 0. The Balaban J connectivity index is 1.79. The lowest BCUT2D eigenvalue weighted by atomic mass is 10.0. The molecule has 2 aromatic carbocycles. The van der Waals surface area contributed by atoms with Gasteiger partial charge >= 0.3 is 5.69 Å². The molecule has 0 aliphatic carbocycles. The van der Waals surface area contributed by atoms with Crippen LogP contribution in [0.4, 0.5) is 0 Å². The Bertz CT molecular complexity index is 1580. The van der Waals surface area contributed by atoms with Crippen molar-refractivity contribution in [3.8, 4) is 28.3 Å². The maximum atomic E-state index is 13.3. The van der Waals surface area contributed by atoms with E-state index in [1.54, 1.807) is 34.2 Å². The van der Waals surface area contributed by atoms with E-state index in [2.05, 4.69) is 16.1 Å². The van der Waals surface area contributed by atoms with Gasteiger partial charge in [-0.15, -0.1) is 0 Å². The molecule has 8 heteroatoms. The van der Waals surface area contributed by atoms with Crippen molar-refractivity contribution in [1.82, 2.24) is 23.9 Å². The van der Waals surface area contributed by atoms with Crippen LogP contribution in [0.1, 0.15) is 12.6 Å². The van der Waals surface area contributed by atoms with Gasteiger partial charge in [-0.05, 0) is 49.2 Å². The third-order valence-corrected chi connectivity index (χ3v) is 5.91. The quantitative estimate of drug-likeness (QED) is 0.411. The standard InChI is InChI=1S/C25H25N5O3/c1-6-33-22-10-8-17(12-23(22)32-5)16-7-9-19-18(11-16)24-20(13-26-19)29(4)25(31)30(24)21-14-28(3)27-15(21)2/h7-14H,6H2,1-5H3. The smallest absolute Gasteiger partial charge is 0.333 e. The number of fused-ring (bicyclic) bond motifs is 3. The lowest BCUT2D eigenvalue weighted by Crippen LogP contribution is -2.21. The third-order valence-electron chi connectivity index (χ3n) is 5.91. The van der Waals surface area contributed by atoms with E-state index in [0.717, 1.165) is 44.4 Å². The summed E-state index contributed by atoms with van der Waals surface area (Å²) in [5, 5.41) is 5.33. The summed E-state index contributed by atoms with van der Waals surface area (Å²) in [6.45, 7) is 4.41. The highest BCUT2D eigenvalue weighted by molar-refractivity contribution is 6.04. The second-order valence-electron chi connectivity index (χ2n) is 7.97. The van der Waals surface area contributed by atoms with Crippen molar-refractivity contribution >= 4 is 21.9 Å². The van der Waals surface area contributed by atoms with E-state index >= 15 is 0 Å². The average molecular weight is 444 g/mol. The van der Waals surface area contributed by atoms with Crippen molar-refractivity contribution in [2.24, 2.45) is 14.1 Å². The number of methoxy groups -OCH3 is 1. The van der Waals surface area contributed by atoms with Crippen molar-refractivity contribution in [3.63, 3.8) is 0 Å². The number of hydrogen-bond donors (Lipinski definition) is 0.